The molecule has 27 heavy (non-hydrogen) atoms. The number of fused-ring (bicyclic) bond motifs is 2. The van der Waals surface area contributed by atoms with Gasteiger partial charge in [0.2, 0.25) is 0 Å². The minimum Gasteiger partial charge on any atom is -0.493 e. The third kappa shape index (κ3) is 3.11. The van der Waals surface area contributed by atoms with E-state index in [2.05, 4.69) is 22.9 Å². The van der Waals surface area contributed by atoms with Crippen molar-refractivity contribution in [2.45, 2.75) is 56.8 Å². The molecule has 0 saturated carbocycles. The van der Waals surface area contributed by atoms with Crippen molar-refractivity contribution < 1.29 is 14.6 Å². The molecular weight excluding hydrogens is 342 g/mol. The maximum atomic E-state index is 11.3. The Morgan fingerprint density at radius 2 is 1.78 bits per heavy atom. The van der Waals surface area contributed by atoms with Gasteiger partial charge in [0.15, 0.2) is 11.5 Å². The van der Waals surface area contributed by atoms with Crippen LogP contribution >= 0.6 is 0 Å². The van der Waals surface area contributed by atoms with Crippen molar-refractivity contribution >= 4 is 0 Å². The lowest BCUT2D eigenvalue weighted by atomic mass is 9.85. The van der Waals surface area contributed by atoms with Crippen LogP contribution < -0.4 is 9.47 Å². The summed E-state index contributed by atoms with van der Waals surface area (Å²) >= 11 is 0. The Morgan fingerprint density at radius 1 is 1.15 bits per heavy atom. The van der Waals surface area contributed by atoms with Gasteiger partial charge < -0.3 is 19.1 Å². The number of rotatable bonds is 5. The summed E-state index contributed by atoms with van der Waals surface area (Å²) in [6, 6.07) is 4.88. The third-order valence-corrected chi connectivity index (χ3v) is 6.35. The summed E-state index contributed by atoms with van der Waals surface area (Å²) in [7, 11) is 5.30. The van der Waals surface area contributed by atoms with E-state index in [1.54, 1.807) is 20.4 Å². The summed E-state index contributed by atoms with van der Waals surface area (Å²) in [5, 5.41) is 11.3. The van der Waals surface area contributed by atoms with E-state index in [9.17, 15) is 5.11 Å². The number of piperidine rings is 1. The van der Waals surface area contributed by atoms with Crippen molar-refractivity contribution in [3.63, 3.8) is 0 Å². The lowest BCUT2D eigenvalue weighted by molar-refractivity contribution is -0.0670. The first-order chi connectivity index (χ1) is 12.9. The summed E-state index contributed by atoms with van der Waals surface area (Å²) in [5.41, 5.74) is 1.64. The molecule has 2 atom stereocenters. The maximum absolute atomic E-state index is 11.3. The zero-order valence-electron chi connectivity index (χ0n) is 16.6. The number of nitrogens with zero attached hydrogens (tertiary/aromatic N) is 3. The van der Waals surface area contributed by atoms with Gasteiger partial charge in [0.1, 0.15) is 11.4 Å². The summed E-state index contributed by atoms with van der Waals surface area (Å²) in [5.74, 6) is 2.33. The highest BCUT2D eigenvalue weighted by molar-refractivity contribution is 5.47. The van der Waals surface area contributed by atoms with Crippen LogP contribution in [-0.4, -0.2) is 45.9 Å². The van der Waals surface area contributed by atoms with Crippen molar-refractivity contribution in [1.82, 2.24) is 14.5 Å². The maximum Gasteiger partial charge on any atom is 0.161 e. The minimum atomic E-state index is -0.826. The second-order valence-electron chi connectivity index (χ2n) is 7.99. The van der Waals surface area contributed by atoms with Crippen molar-refractivity contribution in [1.29, 1.82) is 0 Å². The Morgan fingerprint density at radius 3 is 2.33 bits per heavy atom. The molecule has 6 heteroatoms. The van der Waals surface area contributed by atoms with Crippen molar-refractivity contribution in [3.05, 3.63) is 41.5 Å². The van der Waals surface area contributed by atoms with Crippen LogP contribution in [0.4, 0.5) is 0 Å². The minimum absolute atomic E-state index is 0.373. The van der Waals surface area contributed by atoms with Crippen LogP contribution in [0.15, 0.2) is 24.5 Å². The van der Waals surface area contributed by atoms with Crippen LogP contribution in [-0.2, 0) is 19.2 Å². The van der Waals surface area contributed by atoms with Gasteiger partial charge in [-0.05, 0) is 55.9 Å². The zero-order valence-corrected chi connectivity index (χ0v) is 16.6. The number of aryl methyl sites for hydroxylation is 2. The Labute approximate surface area is 160 Å². The van der Waals surface area contributed by atoms with Gasteiger partial charge in [-0.1, -0.05) is 0 Å². The molecule has 1 aromatic heterocycles. The second kappa shape index (κ2) is 6.84. The number of aromatic nitrogens is 2. The fraction of sp³-hybridized carbons (Fsp3) is 0.571. The van der Waals surface area contributed by atoms with Crippen LogP contribution in [0, 0.1) is 6.92 Å². The molecule has 0 radical (unpaired) electrons. The van der Waals surface area contributed by atoms with Crippen LogP contribution in [0.3, 0.4) is 0 Å². The number of aliphatic hydroxyl groups is 1. The van der Waals surface area contributed by atoms with Crippen molar-refractivity contribution in [2.75, 3.05) is 14.2 Å². The SMILES string of the molecule is COc1cc(C)c(CN2[C@@H]3CC[C@@H]2CC(O)(c2nccn2C)C3)cc1OC. The molecule has 2 aliphatic rings. The van der Waals surface area contributed by atoms with E-state index in [1.807, 2.05) is 23.9 Å². The van der Waals surface area contributed by atoms with E-state index in [1.165, 1.54) is 11.1 Å². The quantitative estimate of drug-likeness (QED) is 0.876. The molecule has 0 amide bonds. The van der Waals surface area contributed by atoms with Crippen LogP contribution in [0.1, 0.15) is 42.6 Å². The Hall–Kier alpha value is -2.05. The number of hydrogen-bond donors (Lipinski definition) is 1. The molecule has 2 bridgehead atoms. The second-order valence-corrected chi connectivity index (χ2v) is 7.99. The number of ether oxygens (including phenoxy) is 2. The van der Waals surface area contributed by atoms with Crippen LogP contribution in [0.2, 0.25) is 0 Å². The summed E-state index contributed by atoms with van der Waals surface area (Å²) in [6.45, 7) is 2.99. The highest BCUT2D eigenvalue weighted by Gasteiger charge is 2.49. The van der Waals surface area contributed by atoms with E-state index in [0.717, 1.165) is 49.6 Å². The van der Waals surface area contributed by atoms with Gasteiger partial charge in [-0.3, -0.25) is 4.90 Å². The molecule has 4 rings (SSSR count). The van der Waals surface area contributed by atoms with Gasteiger partial charge in [-0.2, -0.15) is 0 Å². The predicted molar refractivity (Wildman–Crippen MR) is 103 cm³/mol. The Kier molecular flexibility index (Phi) is 4.64. The first-order valence-corrected chi connectivity index (χ1v) is 9.62. The number of methoxy groups -OCH3 is 2. The number of imidazole rings is 1. The van der Waals surface area contributed by atoms with E-state index < -0.39 is 5.60 Å². The lowest BCUT2D eigenvalue weighted by Crippen LogP contribution is -2.50. The van der Waals surface area contributed by atoms with Gasteiger partial charge in [-0.25, -0.2) is 4.98 Å². The lowest BCUT2D eigenvalue weighted by Gasteiger charge is -2.43. The standard InChI is InChI=1S/C21H29N3O3/c1-14-9-18(26-3)19(27-4)10-15(14)13-24-16-5-6-17(24)12-21(25,11-16)20-22-7-8-23(20)2/h7-10,16-17,25H,5-6,11-13H2,1-4H3/t16-,17-/m1/s1. The molecule has 2 aliphatic heterocycles. The Balaban J connectivity index is 1.57. The predicted octanol–water partition coefficient (Wildman–Crippen LogP) is 2.76. The molecule has 0 aliphatic carbocycles. The van der Waals surface area contributed by atoms with Gasteiger partial charge in [-0.15, -0.1) is 0 Å². The molecule has 3 heterocycles. The average molecular weight is 371 g/mol. The molecule has 0 spiro atoms. The molecule has 2 aromatic rings. The number of hydrogen-bond acceptors (Lipinski definition) is 5. The van der Waals surface area contributed by atoms with Crippen molar-refractivity contribution in [2.24, 2.45) is 7.05 Å². The molecular formula is C21H29N3O3. The van der Waals surface area contributed by atoms with Gasteiger partial charge >= 0.3 is 0 Å². The summed E-state index contributed by atoms with van der Waals surface area (Å²) in [6.07, 6.45) is 7.41. The molecule has 6 nitrogen and oxygen atoms in total. The first-order valence-electron chi connectivity index (χ1n) is 9.62. The molecule has 1 N–H and O–H groups in total. The van der Waals surface area contributed by atoms with Gasteiger partial charge in [0.25, 0.3) is 0 Å². The monoisotopic (exact) mass is 371 g/mol. The largest absolute Gasteiger partial charge is 0.493 e. The van der Waals surface area contributed by atoms with Crippen LogP contribution in [0.5, 0.6) is 11.5 Å². The zero-order chi connectivity index (χ0) is 19.2. The topological polar surface area (TPSA) is 59.8 Å². The van der Waals surface area contributed by atoms with Gasteiger partial charge in [0, 0.05) is 38.1 Å². The normalized spacial score (nSPS) is 27.7. The van der Waals surface area contributed by atoms with E-state index in [0.29, 0.717) is 12.1 Å². The highest BCUT2D eigenvalue weighted by Crippen LogP contribution is 2.46. The first kappa shape index (κ1) is 18.3. The summed E-state index contributed by atoms with van der Waals surface area (Å²) < 4.78 is 12.9. The molecule has 1 aromatic carbocycles. The summed E-state index contributed by atoms with van der Waals surface area (Å²) in [4.78, 5) is 7.00. The Bertz CT molecular complexity index is 818. The molecule has 2 fully saturated rings. The molecule has 0 unspecified atom stereocenters. The number of benzene rings is 1. The fourth-order valence-corrected chi connectivity index (χ4v) is 4.96. The fourth-order valence-electron chi connectivity index (χ4n) is 4.96. The molecule has 2 saturated heterocycles. The smallest absolute Gasteiger partial charge is 0.161 e. The van der Waals surface area contributed by atoms with E-state index in [4.69, 9.17) is 9.47 Å². The van der Waals surface area contributed by atoms with Crippen LogP contribution in [0.25, 0.3) is 0 Å². The average Bonchev–Trinajstić information content (AvgIpc) is 3.18. The van der Waals surface area contributed by atoms with Crippen molar-refractivity contribution in [3.8, 4) is 11.5 Å². The third-order valence-electron chi connectivity index (χ3n) is 6.35. The molecule has 146 valence electrons. The van der Waals surface area contributed by atoms with E-state index in [-0.39, 0.29) is 0 Å². The highest BCUT2D eigenvalue weighted by atomic mass is 16.5. The van der Waals surface area contributed by atoms with E-state index >= 15 is 0 Å². The van der Waals surface area contributed by atoms with Gasteiger partial charge in [0.05, 0.1) is 14.2 Å².